The third-order valence-corrected chi connectivity index (χ3v) is 17.1. The van der Waals surface area contributed by atoms with Gasteiger partial charge >= 0.3 is 23.9 Å². The van der Waals surface area contributed by atoms with E-state index in [9.17, 15) is 19.2 Å². The topological polar surface area (TPSA) is 225 Å². The first-order valence-electron chi connectivity index (χ1n) is 39.7. The van der Waals surface area contributed by atoms with E-state index < -0.39 is 23.9 Å². The van der Waals surface area contributed by atoms with Gasteiger partial charge in [-0.2, -0.15) is 0 Å². The van der Waals surface area contributed by atoms with Crippen LogP contribution in [0.5, 0.6) is 0 Å². The highest BCUT2D eigenvalue weighted by Crippen LogP contribution is 2.18. The lowest BCUT2D eigenvalue weighted by atomic mass is 10.0. The monoisotopic (exact) mass is 1280 g/mol. The number of hydrogen-bond acceptors (Lipinski definition) is 8. The summed E-state index contributed by atoms with van der Waals surface area (Å²) in [7, 11) is 0. The lowest BCUT2D eigenvalue weighted by Crippen LogP contribution is -2.32. The maximum absolute atomic E-state index is 10.3. The van der Waals surface area contributed by atoms with Crippen molar-refractivity contribution in [2.24, 2.45) is 11.5 Å². The molecule has 0 aliphatic carbocycles. The largest absolute Gasteiger partial charge is 0.481 e. The minimum Gasteiger partial charge on any atom is -0.481 e. The van der Waals surface area contributed by atoms with Gasteiger partial charge in [0.25, 0.3) is 0 Å². The van der Waals surface area contributed by atoms with E-state index in [0.717, 1.165) is 77.5 Å². The Hall–Kier alpha value is -2.28. The molecule has 0 aromatic rings. The third-order valence-electron chi connectivity index (χ3n) is 17.1. The van der Waals surface area contributed by atoms with E-state index in [-0.39, 0.29) is 0 Å². The molecule has 0 aromatic heterocycles. The predicted octanol–water partition coefficient (Wildman–Crippen LogP) is 23.4. The second-order valence-corrected chi connectivity index (χ2v) is 26.5. The summed E-state index contributed by atoms with van der Waals surface area (Å²) < 4.78 is 0. The first kappa shape index (κ1) is 96.4. The maximum Gasteiger partial charge on any atom is 0.303 e. The zero-order chi connectivity index (χ0) is 67.2. The lowest BCUT2D eigenvalue weighted by molar-refractivity contribution is -0.138. The van der Waals surface area contributed by atoms with Gasteiger partial charge in [-0.05, 0) is 25.7 Å². The molecule has 0 heterocycles. The van der Waals surface area contributed by atoms with Gasteiger partial charge in [-0.1, -0.05) is 387 Å². The fourth-order valence-electron chi connectivity index (χ4n) is 11.2. The minimum atomic E-state index is -0.653. The molecule has 542 valence electrons. The average molecular weight is 1280 g/mol. The summed E-state index contributed by atoms with van der Waals surface area (Å²) in [6, 6.07) is 0. The zero-order valence-corrected chi connectivity index (χ0v) is 61.1. The van der Waals surface area contributed by atoms with Crippen LogP contribution in [0.2, 0.25) is 0 Å². The number of unbranched alkanes of at least 4 members (excludes halogenated alkanes) is 56. The van der Waals surface area contributed by atoms with Crippen LogP contribution in [0.3, 0.4) is 0 Å². The molecule has 10 N–H and O–H groups in total. The number of nitrogens with two attached hydrogens (primary N) is 2. The SMILES string of the molecule is CCCCCCCCCCCCCCCCCC(=O)O.CCCCCCCCCCCCCCCCCC(=O)O.CCCCCCCCCCCCCCCCCC(=O)O.CCCCCCCCCCCCCCCCCC(=O)O.NCCNCCNCCN. The van der Waals surface area contributed by atoms with Crippen LogP contribution in [0, 0.1) is 0 Å². The van der Waals surface area contributed by atoms with E-state index in [1.54, 1.807) is 0 Å². The molecule has 0 aliphatic rings. The van der Waals surface area contributed by atoms with E-state index in [4.69, 9.17) is 31.9 Å². The van der Waals surface area contributed by atoms with Crippen LogP contribution < -0.4 is 22.1 Å². The average Bonchev–Trinajstić information content (AvgIpc) is 3.52. The molecule has 0 spiro atoms. The second-order valence-electron chi connectivity index (χ2n) is 26.5. The molecule has 0 bridgehead atoms. The number of carbonyl (C=O) groups is 4. The Kier molecular flexibility index (Phi) is 102. The summed E-state index contributed by atoms with van der Waals surface area (Å²) in [5, 5.41) is 40.4. The number of rotatable bonds is 71. The van der Waals surface area contributed by atoms with Gasteiger partial charge in [0.2, 0.25) is 0 Å². The molecule has 0 aliphatic heterocycles. The highest BCUT2D eigenvalue weighted by Gasteiger charge is 2.02. The number of carboxylic acid groups (broad SMARTS) is 4. The summed E-state index contributed by atoms with van der Waals surface area (Å²) in [5.74, 6) is -2.61. The number of nitrogens with one attached hydrogen (secondary N) is 2. The summed E-state index contributed by atoms with van der Waals surface area (Å²) in [5.41, 5.74) is 10.5. The van der Waals surface area contributed by atoms with E-state index >= 15 is 0 Å². The van der Waals surface area contributed by atoms with Crippen LogP contribution in [-0.4, -0.2) is 83.6 Å². The molecule has 0 radical (unpaired) electrons. The van der Waals surface area contributed by atoms with Gasteiger partial charge in [0.05, 0.1) is 0 Å². The molecule has 0 aromatic carbocycles. The van der Waals surface area contributed by atoms with Crippen molar-refractivity contribution in [3.63, 3.8) is 0 Å². The third kappa shape index (κ3) is 116. The Morgan fingerprint density at radius 3 is 0.411 bits per heavy atom. The van der Waals surface area contributed by atoms with Crippen molar-refractivity contribution in [3.8, 4) is 0 Å². The van der Waals surface area contributed by atoms with Gasteiger partial charge in [-0.3, -0.25) is 19.2 Å². The first-order chi connectivity index (χ1) is 44.0. The smallest absolute Gasteiger partial charge is 0.303 e. The van der Waals surface area contributed by atoms with E-state index in [1.807, 2.05) is 0 Å². The molecule has 12 heteroatoms. The van der Waals surface area contributed by atoms with E-state index in [0.29, 0.717) is 38.8 Å². The van der Waals surface area contributed by atoms with Crippen LogP contribution in [0.4, 0.5) is 0 Å². The van der Waals surface area contributed by atoms with Gasteiger partial charge in [0, 0.05) is 65.0 Å². The summed E-state index contributed by atoms with van der Waals surface area (Å²) in [6.45, 7) is 14.2. The summed E-state index contributed by atoms with van der Waals surface area (Å²) >= 11 is 0. The summed E-state index contributed by atoms with van der Waals surface area (Å²) in [6.07, 6.45) is 80.8. The van der Waals surface area contributed by atoms with Crippen molar-refractivity contribution in [1.82, 2.24) is 10.6 Å². The highest BCUT2D eigenvalue weighted by atomic mass is 16.4. The summed E-state index contributed by atoms with van der Waals surface area (Å²) in [4.78, 5) is 41.3. The Bertz CT molecular complexity index is 1130. The number of carboxylic acids is 4. The Morgan fingerprint density at radius 2 is 0.311 bits per heavy atom. The molecule has 0 amide bonds. The van der Waals surface area contributed by atoms with Gasteiger partial charge in [0.15, 0.2) is 0 Å². The normalized spacial score (nSPS) is 10.8. The molecule has 0 fully saturated rings. The fourth-order valence-corrected chi connectivity index (χ4v) is 11.2. The van der Waals surface area contributed by atoms with Gasteiger partial charge < -0.3 is 42.5 Å². The maximum atomic E-state index is 10.3. The molecule has 12 nitrogen and oxygen atoms in total. The molecular formula is C78H162N4O8. The van der Waals surface area contributed by atoms with E-state index in [1.165, 1.54) is 334 Å². The van der Waals surface area contributed by atoms with Crippen LogP contribution in [0.1, 0.15) is 439 Å². The van der Waals surface area contributed by atoms with Crippen LogP contribution >= 0.6 is 0 Å². The molecule has 0 saturated carbocycles. The molecule has 0 saturated heterocycles. The van der Waals surface area contributed by atoms with Crippen LogP contribution in [-0.2, 0) is 19.2 Å². The molecular weight excluding hydrogens is 1120 g/mol. The van der Waals surface area contributed by atoms with Crippen molar-refractivity contribution in [2.75, 3.05) is 39.3 Å². The van der Waals surface area contributed by atoms with Gasteiger partial charge in [-0.15, -0.1) is 0 Å². The van der Waals surface area contributed by atoms with Crippen molar-refractivity contribution in [3.05, 3.63) is 0 Å². The zero-order valence-electron chi connectivity index (χ0n) is 61.1. The Labute approximate surface area is 560 Å². The van der Waals surface area contributed by atoms with Crippen molar-refractivity contribution in [2.45, 2.75) is 439 Å². The van der Waals surface area contributed by atoms with Crippen molar-refractivity contribution >= 4 is 23.9 Å². The second kappa shape index (κ2) is 95.4. The van der Waals surface area contributed by atoms with Crippen LogP contribution in [0.25, 0.3) is 0 Å². The minimum absolute atomic E-state index is 0.345. The molecule has 0 rings (SSSR count). The number of hydrogen-bond donors (Lipinski definition) is 8. The van der Waals surface area contributed by atoms with Crippen LogP contribution in [0.15, 0.2) is 0 Å². The van der Waals surface area contributed by atoms with Crippen molar-refractivity contribution in [1.29, 1.82) is 0 Å². The lowest BCUT2D eigenvalue weighted by Gasteiger charge is -2.03. The Balaban J connectivity index is -0.000000339. The molecule has 90 heavy (non-hydrogen) atoms. The first-order valence-corrected chi connectivity index (χ1v) is 39.7. The Morgan fingerprint density at radius 1 is 0.200 bits per heavy atom. The highest BCUT2D eigenvalue weighted by molar-refractivity contribution is 5.67. The standard InChI is InChI=1S/4C18H36O2.C6H18N4/c4*1-2-3-4-5-6-7-8-9-10-11-12-13-14-15-16-17-18(19)20;7-1-3-9-5-6-10-4-2-8/h4*2-17H2,1H3,(H,19,20);9-10H,1-8H2. The molecule has 0 unspecified atom stereocenters. The fraction of sp³-hybridized carbons (Fsp3) is 0.949. The predicted molar refractivity (Wildman–Crippen MR) is 393 cm³/mol. The van der Waals surface area contributed by atoms with E-state index in [2.05, 4.69) is 38.3 Å². The molecule has 0 atom stereocenters. The van der Waals surface area contributed by atoms with Gasteiger partial charge in [-0.25, -0.2) is 0 Å². The van der Waals surface area contributed by atoms with Crippen molar-refractivity contribution < 1.29 is 39.6 Å². The number of aliphatic carboxylic acids is 4. The van der Waals surface area contributed by atoms with Gasteiger partial charge in [0.1, 0.15) is 0 Å². The quantitative estimate of drug-likeness (QED) is 0.0266.